The zero-order valence-corrected chi connectivity index (χ0v) is 17.9. The van der Waals surface area contributed by atoms with Gasteiger partial charge in [0.1, 0.15) is 0 Å². The van der Waals surface area contributed by atoms with Gasteiger partial charge in [0.25, 0.3) is 0 Å². The monoisotopic (exact) mass is 429 g/mol. The molecular formula is C24H23N5OS. The van der Waals surface area contributed by atoms with Crippen molar-refractivity contribution in [2.45, 2.75) is 29.9 Å². The summed E-state index contributed by atoms with van der Waals surface area (Å²) in [6.07, 6.45) is 0. The summed E-state index contributed by atoms with van der Waals surface area (Å²) in [5.74, 6) is -0.0723. The van der Waals surface area contributed by atoms with Crippen molar-refractivity contribution < 1.29 is 4.79 Å². The summed E-state index contributed by atoms with van der Waals surface area (Å²) >= 11 is 1.35. The van der Waals surface area contributed by atoms with E-state index in [2.05, 4.69) is 20.8 Å². The third-order valence-corrected chi connectivity index (χ3v) is 5.95. The highest BCUT2D eigenvalue weighted by atomic mass is 32.2. The molecule has 0 fully saturated rings. The summed E-state index contributed by atoms with van der Waals surface area (Å²) in [6.45, 7) is 2.43. The second-order valence-corrected chi connectivity index (χ2v) is 8.44. The first-order chi connectivity index (χ1) is 15.2. The van der Waals surface area contributed by atoms with Crippen LogP contribution < -0.4 is 5.32 Å². The Labute approximate surface area is 185 Å². The van der Waals surface area contributed by atoms with Gasteiger partial charge in [-0.2, -0.15) is 0 Å². The van der Waals surface area contributed by atoms with Crippen LogP contribution in [-0.4, -0.2) is 31.4 Å². The van der Waals surface area contributed by atoms with Crippen LogP contribution in [0.25, 0.3) is 0 Å². The number of carbonyl (C=O) groups is 1. The molecule has 4 aromatic rings. The van der Waals surface area contributed by atoms with E-state index >= 15 is 0 Å². The maximum Gasteiger partial charge on any atom is 0.234 e. The van der Waals surface area contributed by atoms with Gasteiger partial charge in [0.15, 0.2) is 0 Å². The summed E-state index contributed by atoms with van der Waals surface area (Å²) in [7, 11) is 0. The van der Waals surface area contributed by atoms with Crippen molar-refractivity contribution in [1.29, 1.82) is 0 Å². The third-order valence-electron chi connectivity index (χ3n) is 4.88. The van der Waals surface area contributed by atoms with Crippen LogP contribution in [0.5, 0.6) is 0 Å². The molecule has 1 N–H and O–H groups in total. The van der Waals surface area contributed by atoms with Crippen molar-refractivity contribution >= 4 is 17.7 Å². The minimum atomic E-state index is -0.365. The summed E-state index contributed by atoms with van der Waals surface area (Å²) in [5.41, 5.74) is 3.17. The number of hydrogen-bond acceptors (Lipinski definition) is 5. The van der Waals surface area contributed by atoms with Crippen molar-refractivity contribution in [3.63, 3.8) is 0 Å². The van der Waals surface area contributed by atoms with Gasteiger partial charge in [-0.05, 0) is 34.0 Å². The number of rotatable bonds is 8. The van der Waals surface area contributed by atoms with Crippen LogP contribution in [0.15, 0.2) is 96.2 Å². The SMILES string of the molecule is CC(Sc1nnnn1Cc1ccccc1)C(=O)NC(c1ccccc1)c1ccccc1. The molecule has 31 heavy (non-hydrogen) atoms. The van der Waals surface area contributed by atoms with E-state index in [4.69, 9.17) is 0 Å². The average Bonchev–Trinajstić information content (AvgIpc) is 3.25. The maximum atomic E-state index is 13.1. The molecule has 0 saturated heterocycles. The molecule has 1 aromatic heterocycles. The first-order valence-electron chi connectivity index (χ1n) is 10.1. The molecule has 156 valence electrons. The van der Waals surface area contributed by atoms with Gasteiger partial charge in [-0.1, -0.05) is 103 Å². The van der Waals surface area contributed by atoms with Crippen LogP contribution in [0.4, 0.5) is 0 Å². The van der Waals surface area contributed by atoms with Gasteiger partial charge in [0.05, 0.1) is 17.8 Å². The molecule has 6 nitrogen and oxygen atoms in total. The van der Waals surface area contributed by atoms with Gasteiger partial charge in [0, 0.05) is 0 Å². The summed E-state index contributed by atoms with van der Waals surface area (Å²) in [5, 5.41) is 15.4. The van der Waals surface area contributed by atoms with Crippen molar-refractivity contribution in [3.05, 3.63) is 108 Å². The van der Waals surface area contributed by atoms with Crippen LogP contribution in [0.2, 0.25) is 0 Å². The lowest BCUT2D eigenvalue weighted by Gasteiger charge is -2.22. The number of thioether (sulfide) groups is 1. The number of hydrogen-bond donors (Lipinski definition) is 1. The lowest BCUT2D eigenvalue weighted by Crippen LogP contribution is -2.35. The van der Waals surface area contributed by atoms with E-state index in [0.717, 1.165) is 16.7 Å². The largest absolute Gasteiger partial charge is 0.344 e. The second-order valence-electron chi connectivity index (χ2n) is 7.13. The van der Waals surface area contributed by atoms with Gasteiger partial charge in [-0.15, -0.1) is 5.10 Å². The zero-order valence-electron chi connectivity index (χ0n) is 17.1. The Hall–Kier alpha value is -3.45. The van der Waals surface area contributed by atoms with Gasteiger partial charge in [-0.25, -0.2) is 4.68 Å². The number of nitrogens with zero attached hydrogens (tertiary/aromatic N) is 4. The molecule has 0 spiro atoms. The summed E-state index contributed by atoms with van der Waals surface area (Å²) < 4.78 is 1.72. The lowest BCUT2D eigenvalue weighted by molar-refractivity contribution is -0.120. The molecular weight excluding hydrogens is 406 g/mol. The second kappa shape index (κ2) is 10.0. The van der Waals surface area contributed by atoms with E-state index in [1.807, 2.05) is 97.9 Å². The molecule has 0 bridgehead atoms. The molecule has 0 aliphatic rings. The highest BCUT2D eigenvalue weighted by Crippen LogP contribution is 2.25. The Morgan fingerprint density at radius 2 is 1.45 bits per heavy atom. The van der Waals surface area contributed by atoms with E-state index < -0.39 is 0 Å². The van der Waals surface area contributed by atoms with Crippen molar-refractivity contribution in [1.82, 2.24) is 25.5 Å². The molecule has 1 unspecified atom stereocenters. The fourth-order valence-corrected chi connectivity index (χ4v) is 4.06. The molecule has 3 aromatic carbocycles. The number of carbonyl (C=O) groups excluding carboxylic acids is 1. The molecule has 0 aliphatic carbocycles. The highest BCUT2D eigenvalue weighted by Gasteiger charge is 2.23. The molecule has 0 radical (unpaired) electrons. The van der Waals surface area contributed by atoms with Crippen LogP contribution in [0.1, 0.15) is 29.7 Å². The van der Waals surface area contributed by atoms with Gasteiger partial charge in [-0.3, -0.25) is 4.79 Å². The van der Waals surface area contributed by atoms with Crippen LogP contribution in [-0.2, 0) is 11.3 Å². The Kier molecular flexibility index (Phi) is 6.74. The van der Waals surface area contributed by atoms with Crippen molar-refractivity contribution in [2.75, 3.05) is 0 Å². The molecule has 1 heterocycles. The van der Waals surface area contributed by atoms with E-state index in [0.29, 0.717) is 11.7 Å². The Morgan fingerprint density at radius 3 is 2.03 bits per heavy atom. The Balaban J connectivity index is 1.47. The third kappa shape index (κ3) is 5.38. The van der Waals surface area contributed by atoms with Gasteiger partial charge < -0.3 is 5.32 Å². The minimum Gasteiger partial charge on any atom is -0.344 e. The quantitative estimate of drug-likeness (QED) is 0.427. The molecule has 0 aliphatic heterocycles. The molecule has 1 amide bonds. The zero-order chi connectivity index (χ0) is 21.5. The van der Waals surface area contributed by atoms with Crippen LogP contribution in [0.3, 0.4) is 0 Å². The molecule has 1 atom stereocenters. The van der Waals surface area contributed by atoms with Gasteiger partial charge in [0.2, 0.25) is 11.1 Å². The number of aromatic nitrogens is 4. The number of nitrogens with one attached hydrogen (secondary N) is 1. The van der Waals surface area contributed by atoms with E-state index in [-0.39, 0.29) is 17.2 Å². The van der Waals surface area contributed by atoms with E-state index in [1.165, 1.54) is 11.8 Å². The minimum absolute atomic E-state index is 0.0723. The van der Waals surface area contributed by atoms with Crippen LogP contribution >= 0.6 is 11.8 Å². The Morgan fingerprint density at radius 1 is 0.903 bits per heavy atom. The topological polar surface area (TPSA) is 72.7 Å². The predicted molar refractivity (Wildman–Crippen MR) is 122 cm³/mol. The highest BCUT2D eigenvalue weighted by molar-refractivity contribution is 8.00. The smallest absolute Gasteiger partial charge is 0.234 e. The molecule has 0 saturated carbocycles. The van der Waals surface area contributed by atoms with E-state index in [1.54, 1.807) is 4.68 Å². The van der Waals surface area contributed by atoms with Crippen LogP contribution in [0, 0.1) is 0 Å². The summed E-state index contributed by atoms with van der Waals surface area (Å²) in [4.78, 5) is 13.1. The number of tetrazole rings is 1. The normalized spacial score (nSPS) is 11.9. The first kappa shape index (κ1) is 20.8. The van der Waals surface area contributed by atoms with Gasteiger partial charge >= 0.3 is 0 Å². The van der Waals surface area contributed by atoms with Crippen molar-refractivity contribution in [3.8, 4) is 0 Å². The maximum absolute atomic E-state index is 13.1. The fraction of sp³-hybridized carbons (Fsp3) is 0.167. The number of amides is 1. The summed E-state index contributed by atoms with van der Waals surface area (Å²) in [6, 6.07) is 29.7. The van der Waals surface area contributed by atoms with E-state index in [9.17, 15) is 4.79 Å². The molecule has 4 rings (SSSR count). The predicted octanol–water partition coefficient (Wildman–Crippen LogP) is 4.11. The number of benzene rings is 3. The lowest BCUT2D eigenvalue weighted by atomic mass is 9.98. The molecule has 7 heteroatoms. The Bertz CT molecular complexity index is 1060. The average molecular weight is 430 g/mol. The standard InChI is InChI=1S/C24H23N5OS/c1-18(31-24-26-27-28-29(24)17-19-11-5-2-6-12-19)23(30)25-22(20-13-7-3-8-14-20)21-15-9-4-10-16-21/h2-16,18,22H,17H2,1H3,(H,25,30). The van der Waals surface area contributed by atoms with Crippen molar-refractivity contribution in [2.24, 2.45) is 0 Å². The first-order valence-corrected chi connectivity index (χ1v) is 11.0. The fourth-order valence-electron chi connectivity index (χ4n) is 3.26.